The lowest BCUT2D eigenvalue weighted by Crippen LogP contribution is -2.38. The first kappa shape index (κ1) is 16.1. The Morgan fingerprint density at radius 1 is 1.32 bits per heavy atom. The molecule has 7 heteroatoms. The smallest absolute Gasteiger partial charge is 0.191 e. The first-order valence-electron chi connectivity index (χ1n) is 7.72. The zero-order valence-electron chi connectivity index (χ0n) is 13.6. The van der Waals surface area contributed by atoms with Crippen molar-refractivity contribution in [2.24, 2.45) is 12.0 Å². The molecule has 0 fully saturated rings. The van der Waals surface area contributed by atoms with Gasteiger partial charge in [-0.1, -0.05) is 6.92 Å². The molecule has 7 nitrogen and oxygen atoms in total. The second-order valence-electron chi connectivity index (χ2n) is 5.10. The number of hydrogen-bond acceptors (Lipinski definition) is 3. The number of nitrogens with zero attached hydrogens (tertiary/aromatic N) is 5. The first-order valence-corrected chi connectivity index (χ1v) is 7.72. The number of guanidine groups is 1. The Balaban J connectivity index is 1.85. The zero-order valence-corrected chi connectivity index (χ0v) is 13.6. The van der Waals surface area contributed by atoms with Crippen molar-refractivity contribution in [3.63, 3.8) is 0 Å². The Bertz CT molecular complexity index is 597. The van der Waals surface area contributed by atoms with Gasteiger partial charge < -0.3 is 19.8 Å². The van der Waals surface area contributed by atoms with Crippen LogP contribution in [0.3, 0.4) is 0 Å². The van der Waals surface area contributed by atoms with Crippen LogP contribution in [0.15, 0.2) is 29.8 Å². The lowest BCUT2D eigenvalue weighted by molar-refractivity contribution is 0.632. The highest BCUT2D eigenvalue weighted by Crippen LogP contribution is 2.01. The molecule has 0 saturated heterocycles. The predicted octanol–water partition coefficient (Wildman–Crippen LogP) is 0.934. The third-order valence-corrected chi connectivity index (χ3v) is 3.31. The molecule has 0 spiro atoms. The normalized spacial score (nSPS) is 11.7. The molecule has 120 valence electrons. The van der Waals surface area contributed by atoms with E-state index in [1.54, 1.807) is 6.33 Å². The summed E-state index contributed by atoms with van der Waals surface area (Å²) in [6, 6.07) is 2.08. The van der Waals surface area contributed by atoms with Gasteiger partial charge in [0.1, 0.15) is 12.2 Å². The Labute approximate surface area is 131 Å². The summed E-state index contributed by atoms with van der Waals surface area (Å²) in [5.41, 5.74) is 1.20. The van der Waals surface area contributed by atoms with Gasteiger partial charge in [-0.05, 0) is 18.6 Å². The van der Waals surface area contributed by atoms with Crippen LogP contribution in [0.5, 0.6) is 0 Å². The average molecular weight is 303 g/mol. The van der Waals surface area contributed by atoms with Gasteiger partial charge in [0.25, 0.3) is 0 Å². The Kier molecular flexibility index (Phi) is 6.00. The highest BCUT2D eigenvalue weighted by atomic mass is 15.3. The number of rotatable bonds is 7. The summed E-state index contributed by atoms with van der Waals surface area (Å²) in [6.07, 6.45) is 6.78. The van der Waals surface area contributed by atoms with Crippen LogP contribution in [0.25, 0.3) is 0 Å². The third-order valence-electron chi connectivity index (χ3n) is 3.31. The van der Waals surface area contributed by atoms with Gasteiger partial charge in [0.15, 0.2) is 5.96 Å². The van der Waals surface area contributed by atoms with Crippen molar-refractivity contribution < 1.29 is 0 Å². The molecule has 2 rings (SSSR count). The van der Waals surface area contributed by atoms with Crippen molar-refractivity contribution in [3.05, 3.63) is 36.2 Å². The Hall–Kier alpha value is -2.31. The SMILES string of the molecule is CCNC(=NCc1ccn(C)c1)NCCn1cnnc1CC. The summed E-state index contributed by atoms with van der Waals surface area (Å²) < 4.78 is 4.09. The van der Waals surface area contributed by atoms with E-state index < -0.39 is 0 Å². The maximum absolute atomic E-state index is 4.60. The van der Waals surface area contributed by atoms with Crippen LogP contribution in [0.4, 0.5) is 0 Å². The molecule has 2 N–H and O–H groups in total. The van der Waals surface area contributed by atoms with Gasteiger partial charge >= 0.3 is 0 Å². The van der Waals surface area contributed by atoms with E-state index in [4.69, 9.17) is 0 Å². The molecule has 0 unspecified atom stereocenters. The zero-order chi connectivity index (χ0) is 15.8. The van der Waals surface area contributed by atoms with Gasteiger partial charge in [-0.3, -0.25) is 0 Å². The van der Waals surface area contributed by atoms with E-state index in [9.17, 15) is 0 Å². The quantitative estimate of drug-likeness (QED) is 0.590. The molecule has 0 radical (unpaired) electrons. The summed E-state index contributed by atoms with van der Waals surface area (Å²) in [7, 11) is 2.02. The lowest BCUT2D eigenvalue weighted by Gasteiger charge is -2.12. The lowest BCUT2D eigenvalue weighted by atomic mass is 10.3. The van der Waals surface area contributed by atoms with Crippen LogP contribution in [-0.2, 0) is 26.6 Å². The molecule has 0 bridgehead atoms. The number of nitrogens with one attached hydrogen (secondary N) is 2. The van der Waals surface area contributed by atoms with E-state index in [-0.39, 0.29) is 0 Å². The highest BCUT2D eigenvalue weighted by molar-refractivity contribution is 5.79. The van der Waals surface area contributed by atoms with Gasteiger partial charge in [0.2, 0.25) is 0 Å². The minimum absolute atomic E-state index is 0.670. The predicted molar refractivity (Wildman–Crippen MR) is 87.6 cm³/mol. The van der Waals surface area contributed by atoms with E-state index in [2.05, 4.69) is 56.5 Å². The van der Waals surface area contributed by atoms with Crippen molar-refractivity contribution in [2.75, 3.05) is 13.1 Å². The molecule has 22 heavy (non-hydrogen) atoms. The Morgan fingerprint density at radius 3 is 2.86 bits per heavy atom. The average Bonchev–Trinajstić information content (AvgIpc) is 3.13. The van der Waals surface area contributed by atoms with Crippen molar-refractivity contribution in [2.45, 2.75) is 33.4 Å². The van der Waals surface area contributed by atoms with Crippen LogP contribution in [0, 0.1) is 0 Å². The topological polar surface area (TPSA) is 72.1 Å². The maximum Gasteiger partial charge on any atom is 0.191 e. The molecule has 0 saturated carbocycles. The monoisotopic (exact) mass is 303 g/mol. The van der Waals surface area contributed by atoms with E-state index >= 15 is 0 Å². The van der Waals surface area contributed by atoms with Crippen molar-refractivity contribution >= 4 is 5.96 Å². The molecule has 2 aromatic heterocycles. The van der Waals surface area contributed by atoms with Crippen LogP contribution in [0.2, 0.25) is 0 Å². The fraction of sp³-hybridized carbons (Fsp3) is 0.533. The van der Waals surface area contributed by atoms with E-state index in [0.717, 1.165) is 37.8 Å². The molecule has 0 aliphatic carbocycles. The number of aromatic nitrogens is 4. The summed E-state index contributed by atoms with van der Waals surface area (Å²) in [4.78, 5) is 4.60. The van der Waals surface area contributed by atoms with Gasteiger partial charge in [0.05, 0.1) is 6.54 Å². The standard InChI is InChI=1S/C15H25N7/c1-4-14-20-19-12-22(14)9-7-17-15(16-5-2)18-10-13-6-8-21(3)11-13/h6,8,11-12H,4-5,7,9-10H2,1-3H3,(H2,16,17,18). The highest BCUT2D eigenvalue weighted by Gasteiger charge is 2.02. The van der Waals surface area contributed by atoms with Crippen molar-refractivity contribution in [1.29, 1.82) is 0 Å². The van der Waals surface area contributed by atoms with Crippen molar-refractivity contribution in [1.82, 2.24) is 30.0 Å². The van der Waals surface area contributed by atoms with Crippen LogP contribution < -0.4 is 10.6 Å². The molecule has 0 amide bonds. The van der Waals surface area contributed by atoms with Gasteiger partial charge in [-0.2, -0.15) is 0 Å². The molecule has 2 heterocycles. The van der Waals surface area contributed by atoms with E-state index in [1.807, 2.05) is 17.8 Å². The van der Waals surface area contributed by atoms with Crippen LogP contribution in [-0.4, -0.2) is 38.4 Å². The number of aliphatic imine (C=N–C) groups is 1. The summed E-state index contributed by atoms with van der Waals surface area (Å²) >= 11 is 0. The molecule has 0 aromatic carbocycles. The van der Waals surface area contributed by atoms with Crippen molar-refractivity contribution in [3.8, 4) is 0 Å². The summed E-state index contributed by atoms with van der Waals surface area (Å²) in [5, 5.41) is 14.6. The number of hydrogen-bond donors (Lipinski definition) is 2. The second-order valence-corrected chi connectivity index (χ2v) is 5.10. The van der Waals surface area contributed by atoms with Gasteiger partial charge in [-0.15, -0.1) is 10.2 Å². The van der Waals surface area contributed by atoms with Crippen LogP contribution >= 0.6 is 0 Å². The second kappa shape index (κ2) is 8.21. The molecule has 0 aliphatic rings. The Morgan fingerprint density at radius 2 is 2.18 bits per heavy atom. The van der Waals surface area contributed by atoms with Gasteiger partial charge in [-0.25, -0.2) is 4.99 Å². The molecular weight excluding hydrogens is 278 g/mol. The van der Waals surface area contributed by atoms with Crippen LogP contribution in [0.1, 0.15) is 25.2 Å². The minimum Gasteiger partial charge on any atom is -0.357 e. The molecular formula is C15H25N7. The largest absolute Gasteiger partial charge is 0.357 e. The van der Waals surface area contributed by atoms with E-state index in [1.165, 1.54) is 5.56 Å². The minimum atomic E-state index is 0.670. The van der Waals surface area contributed by atoms with Gasteiger partial charge in [0, 0.05) is 45.5 Å². The third kappa shape index (κ3) is 4.61. The maximum atomic E-state index is 4.60. The summed E-state index contributed by atoms with van der Waals surface area (Å²) in [5.74, 6) is 1.84. The summed E-state index contributed by atoms with van der Waals surface area (Å²) in [6.45, 7) is 7.27. The fourth-order valence-corrected chi connectivity index (χ4v) is 2.20. The fourth-order valence-electron chi connectivity index (χ4n) is 2.20. The molecule has 0 aliphatic heterocycles. The first-order chi connectivity index (χ1) is 10.7. The molecule has 0 atom stereocenters. The number of aryl methyl sites for hydroxylation is 2. The van der Waals surface area contributed by atoms with E-state index in [0.29, 0.717) is 6.54 Å². The molecule has 2 aromatic rings.